The molecular weight excluding hydrogens is 400 g/mol. The van der Waals surface area contributed by atoms with Crippen LogP contribution in [0.5, 0.6) is 0 Å². The molecule has 2 heteroatoms. The second kappa shape index (κ2) is 8.04. The Bertz CT molecular complexity index is 1420. The van der Waals surface area contributed by atoms with Crippen LogP contribution in [-0.4, -0.2) is 4.57 Å². The summed E-state index contributed by atoms with van der Waals surface area (Å²) in [6.45, 7) is 15.6. The first-order valence-electron chi connectivity index (χ1n) is 11.8. The molecule has 0 radical (unpaired) electrons. The summed E-state index contributed by atoms with van der Waals surface area (Å²) in [5, 5.41) is 2.51. The van der Waals surface area contributed by atoms with E-state index in [0.717, 1.165) is 18.5 Å². The quantitative estimate of drug-likeness (QED) is 0.226. The van der Waals surface area contributed by atoms with E-state index in [0.29, 0.717) is 0 Å². The maximum atomic E-state index is 4.59. The van der Waals surface area contributed by atoms with Crippen molar-refractivity contribution >= 4 is 33.1 Å². The Balaban J connectivity index is 1.81. The fourth-order valence-corrected chi connectivity index (χ4v) is 5.65. The summed E-state index contributed by atoms with van der Waals surface area (Å²) in [5.41, 5.74) is 8.24. The van der Waals surface area contributed by atoms with Gasteiger partial charge in [0.15, 0.2) is 11.7 Å². The van der Waals surface area contributed by atoms with Gasteiger partial charge in [-0.2, -0.15) is 4.57 Å². The molecule has 0 aliphatic carbocycles. The van der Waals surface area contributed by atoms with Crippen molar-refractivity contribution in [2.75, 3.05) is 0 Å². The fourth-order valence-electron chi connectivity index (χ4n) is 5.65. The number of hydrogen-bond donors (Lipinski definition) is 0. The number of benzene rings is 2. The highest BCUT2D eigenvalue weighted by Crippen LogP contribution is 2.41. The topological polar surface area (TPSA) is 8.81 Å². The molecule has 1 aliphatic heterocycles. The summed E-state index contributed by atoms with van der Waals surface area (Å²) in [6.07, 6.45) is 8.49. The van der Waals surface area contributed by atoms with E-state index in [9.17, 15) is 0 Å². The number of hydrogen-bond acceptors (Lipinski definition) is 0. The van der Waals surface area contributed by atoms with E-state index in [-0.39, 0.29) is 5.54 Å². The molecule has 2 aromatic heterocycles. The van der Waals surface area contributed by atoms with Gasteiger partial charge in [-0.3, -0.25) is 0 Å². The number of fused-ring (bicyclic) bond motifs is 4. The van der Waals surface area contributed by atoms with Gasteiger partial charge in [0.2, 0.25) is 5.69 Å². The number of allylic oxidation sites excluding steroid dienone is 6. The maximum absolute atomic E-state index is 4.59. The molecular formula is C31H31N2+. The summed E-state index contributed by atoms with van der Waals surface area (Å²) >= 11 is 0. The highest BCUT2D eigenvalue weighted by molar-refractivity contribution is 6.10. The summed E-state index contributed by atoms with van der Waals surface area (Å²) in [7, 11) is 0. The molecule has 2 aromatic carbocycles. The van der Waals surface area contributed by atoms with Crippen LogP contribution in [0.4, 0.5) is 0 Å². The van der Waals surface area contributed by atoms with Crippen LogP contribution >= 0.6 is 0 Å². The van der Waals surface area contributed by atoms with Crippen molar-refractivity contribution < 1.29 is 4.57 Å². The normalized spacial score (nSPS) is 15.8. The lowest BCUT2D eigenvalue weighted by molar-refractivity contribution is -0.759. The van der Waals surface area contributed by atoms with Crippen molar-refractivity contribution in [3.05, 3.63) is 115 Å². The van der Waals surface area contributed by atoms with Crippen LogP contribution in [0.25, 0.3) is 33.1 Å². The largest absolute Gasteiger partial charge is 0.309 e. The zero-order valence-corrected chi connectivity index (χ0v) is 19.8. The van der Waals surface area contributed by atoms with Crippen LogP contribution in [-0.2, 0) is 5.54 Å². The Hall–Kier alpha value is -3.65. The van der Waals surface area contributed by atoms with Crippen molar-refractivity contribution in [1.82, 2.24) is 4.57 Å². The van der Waals surface area contributed by atoms with Gasteiger partial charge in [-0.25, -0.2) is 0 Å². The lowest BCUT2D eigenvalue weighted by atomic mass is 9.76. The van der Waals surface area contributed by atoms with Gasteiger partial charge < -0.3 is 4.57 Å². The highest BCUT2D eigenvalue weighted by atomic mass is 15.1. The van der Waals surface area contributed by atoms with Crippen LogP contribution in [0.15, 0.2) is 109 Å². The third kappa shape index (κ3) is 2.97. The third-order valence-corrected chi connectivity index (χ3v) is 7.52. The first kappa shape index (κ1) is 21.2. The molecule has 0 bridgehead atoms. The molecule has 0 atom stereocenters. The zero-order valence-electron chi connectivity index (χ0n) is 19.8. The van der Waals surface area contributed by atoms with E-state index in [2.05, 4.69) is 122 Å². The van der Waals surface area contributed by atoms with Gasteiger partial charge in [-0.1, -0.05) is 63.4 Å². The molecule has 0 amide bonds. The lowest BCUT2D eigenvalue weighted by Gasteiger charge is -2.35. The first-order valence-corrected chi connectivity index (χ1v) is 11.8. The van der Waals surface area contributed by atoms with E-state index in [1.165, 1.54) is 44.2 Å². The Labute approximate surface area is 196 Å². The smallest absolute Gasteiger partial charge is 0.213 e. The van der Waals surface area contributed by atoms with Gasteiger partial charge in [0.05, 0.1) is 16.6 Å². The van der Waals surface area contributed by atoms with Gasteiger partial charge in [0.1, 0.15) is 0 Å². The molecule has 0 unspecified atom stereocenters. The molecule has 0 saturated heterocycles. The van der Waals surface area contributed by atoms with Crippen molar-refractivity contribution in [3.8, 4) is 0 Å². The molecule has 2 nitrogen and oxygen atoms in total. The summed E-state index contributed by atoms with van der Waals surface area (Å²) < 4.78 is 4.76. The number of nitrogens with zero attached hydrogens (tertiary/aromatic N) is 2. The standard InChI is InChI=1S/C31H31N2/c1-6-24(33-29-18-11-9-15-25(29)26-16-10-12-19-30(26)33)21-27-22(4)23(5)31(7-2,8-3)32-20-14-13-17-28(27)32/h6,9-21H,1,5,7-8H2,2-4H3/q+1. The average molecular weight is 432 g/mol. The predicted octanol–water partition coefficient (Wildman–Crippen LogP) is 7.67. The van der Waals surface area contributed by atoms with Crippen LogP contribution in [0.2, 0.25) is 0 Å². The van der Waals surface area contributed by atoms with Crippen LogP contribution in [0.1, 0.15) is 39.3 Å². The molecule has 1 aliphatic rings. The first-order chi connectivity index (χ1) is 16.1. The Morgan fingerprint density at radius 1 is 0.909 bits per heavy atom. The fraction of sp³-hybridized carbons (Fsp3) is 0.194. The van der Waals surface area contributed by atoms with Crippen LogP contribution in [0.3, 0.4) is 0 Å². The maximum Gasteiger partial charge on any atom is 0.213 e. The Morgan fingerprint density at radius 3 is 2.06 bits per heavy atom. The molecule has 5 rings (SSSR count). The molecule has 0 saturated carbocycles. The molecule has 0 fully saturated rings. The number of rotatable bonds is 5. The molecule has 0 spiro atoms. The predicted molar refractivity (Wildman–Crippen MR) is 141 cm³/mol. The minimum atomic E-state index is -0.0841. The van der Waals surface area contributed by atoms with Crippen molar-refractivity contribution in [2.24, 2.45) is 0 Å². The second-order valence-electron chi connectivity index (χ2n) is 8.85. The van der Waals surface area contributed by atoms with E-state index in [1.807, 2.05) is 6.08 Å². The van der Waals surface area contributed by atoms with Gasteiger partial charge >= 0.3 is 0 Å². The molecule has 4 aromatic rings. The minimum Gasteiger partial charge on any atom is -0.309 e. The molecule has 0 N–H and O–H groups in total. The summed E-state index contributed by atoms with van der Waals surface area (Å²) in [6, 6.07) is 23.7. The van der Waals surface area contributed by atoms with Crippen molar-refractivity contribution in [1.29, 1.82) is 0 Å². The average Bonchev–Trinajstić information content (AvgIpc) is 3.20. The van der Waals surface area contributed by atoms with E-state index < -0.39 is 0 Å². The molecule has 33 heavy (non-hydrogen) atoms. The van der Waals surface area contributed by atoms with E-state index in [4.69, 9.17) is 0 Å². The van der Waals surface area contributed by atoms with Gasteiger partial charge in [-0.05, 0) is 42.8 Å². The van der Waals surface area contributed by atoms with E-state index in [1.54, 1.807) is 0 Å². The Morgan fingerprint density at radius 2 is 1.48 bits per heavy atom. The molecule has 3 heterocycles. The van der Waals surface area contributed by atoms with E-state index >= 15 is 0 Å². The SMILES string of the molecule is C=CC(=CC1=C(C)C(=C)C(CC)(CC)[n+]2ccccc21)n1c2ccccc2c2ccccc21. The van der Waals surface area contributed by atoms with Crippen LogP contribution < -0.4 is 4.57 Å². The summed E-state index contributed by atoms with van der Waals surface area (Å²) in [4.78, 5) is 0. The monoisotopic (exact) mass is 431 g/mol. The Kier molecular flexibility index (Phi) is 5.17. The summed E-state index contributed by atoms with van der Waals surface area (Å²) in [5.74, 6) is 0. The number of aromatic nitrogens is 2. The molecule has 164 valence electrons. The zero-order chi connectivity index (χ0) is 23.2. The van der Waals surface area contributed by atoms with Crippen LogP contribution in [0, 0.1) is 0 Å². The number of para-hydroxylation sites is 2. The van der Waals surface area contributed by atoms with Crippen molar-refractivity contribution in [2.45, 2.75) is 39.2 Å². The lowest BCUT2D eigenvalue weighted by Crippen LogP contribution is -2.60. The second-order valence-corrected chi connectivity index (χ2v) is 8.85. The van der Waals surface area contributed by atoms with Gasteiger partial charge in [0.25, 0.3) is 0 Å². The minimum absolute atomic E-state index is 0.0841. The van der Waals surface area contributed by atoms with Crippen molar-refractivity contribution in [3.63, 3.8) is 0 Å². The van der Waals surface area contributed by atoms with Gasteiger partial charge in [0, 0.05) is 47.0 Å². The number of pyridine rings is 1. The van der Waals surface area contributed by atoms with Gasteiger partial charge in [-0.15, -0.1) is 0 Å². The third-order valence-electron chi connectivity index (χ3n) is 7.52. The highest BCUT2D eigenvalue weighted by Gasteiger charge is 2.46.